The summed E-state index contributed by atoms with van der Waals surface area (Å²) in [5.74, 6) is 0. The fourth-order valence-corrected chi connectivity index (χ4v) is 18.3. The van der Waals surface area contributed by atoms with Crippen LogP contribution in [0.1, 0.15) is 71.4 Å². The Hall–Kier alpha value is -0.0313. The molecule has 0 aliphatic rings. The molecule has 3 nitrogen and oxygen atoms in total. The number of nitrogens with zero attached hydrogens (tertiary/aromatic N) is 1. The third-order valence-electron chi connectivity index (χ3n) is 4.70. The fourth-order valence-electron chi connectivity index (χ4n) is 3.23. The number of hydrogen-bond donors (Lipinski definition) is 1. The maximum absolute atomic E-state index is 9.00. The van der Waals surface area contributed by atoms with E-state index in [-0.39, 0.29) is 6.61 Å². The Kier molecular flexibility index (Phi) is 10.5. The van der Waals surface area contributed by atoms with Crippen LogP contribution in [-0.2, 0) is 6.42 Å². The normalized spacial score (nSPS) is 12.0. The van der Waals surface area contributed by atoms with Gasteiger partial charge < -0.3 is 0 Å². The van der Waals surface area contributed by atoms with E-state index < -0.39 is 18.4 Å². The molecule has 1 aromatic rings. The van der Waals surface area contributed by atoms with Crippen LogP contribution in [-0.4, -0.2) is 35.2 Å². The van der Waals surface area contributed by atoms with Crippen LogP contribution in [0.4, 0.5) is 0 Å². The summed E-state index contributed by atoms with van der Waals surface area (Å²) >= 11 is -2.42. The number of hydrogen-bond acceptors (Lipinski definition) is 3. The van der Waals surface area contributed by atoms with Gasteiger partial charge in [0.1, 0.15) is 0 Å². The Morgan fingerprint density at radius 1 is 0.955 bits per heavy atom. The van der Waals surface area contributed by atoms with Crippen LogP contribution < -0.4 is 3.78 Å². The van der Waals surface area contributed by atoms with Crippen molar-refractivity contribution in [3.63, 3.8) is 0 Å². The number of aliphatic hydroxyl groups is 1. The van der Waals surface area contributed by atoms with Crippen LogP contribution in [0.5, 0.6) is 0 Å². The first-order valence-corrected chi connectivity index (χ1v) is 16.8. The molecule has 0 amide bonds. The summed E-state index contributed by atoms with van der Waals surface area (Å²) < 4.78 is 11.4. The van der Waals surface area contributed by atoms with Crippen LogP contribution in [0, 0.1) is 0 Å². The summed E-state index contributed by atoms with van der Waals surface area (Å²) in [7, 11) is 0. The number of unbranched alkanes of at least 4 members (excludes halogenated alkanes) is 3. The van der Waals surface area contributed by atoms with Gasteiger partial charge in [0.2, 0.25) is 0 Å². The molecule has 0 fully saturated rings. The van der Waals surface area contributed by atoms with Gasteiger partial charge in [0, 0.05) is 0 Å². The molecule has 128 valence electrons. The molecule has 1 N–H and O–H groups in total. The fraction of sp³-hybridized carbons (Fsp3) is 0.833. The van der Waals surface area contributed by atoms with Crippen molar-refractivity contribution in [1.82, 2.24) is 5.16 Å². The molecule has 0 saturated heterocycles. The van der Waals surface area contributed by atoms with Crippen LogP contribution in [0.15, 0.2) is 10.6 Å². The van der Waals surface area contributed by atoms with Gasteiger partial charge in [-0.1, -0.05) is 0 Å². The van der Waals surface area contributed by atoms with Crippen LogP contribution in [0.2, 0.25) is 13.3 Å². The Balaban J connectivity index is 2.94. The van der Waals surface area contributed by atoms with Gasteiger partial charge in [-0.2, -0.15) is 0 Å². The number of aliphatic hydroxyl groups excluding tert-OH is 1. The average molecular weight is 416 g/mol. The van der Waals surface area contributed by atoms with Crippen molar-refractivity contribution < 1.29 is 9.63 Å². The van der Waals surface area contributed by atoms with Gasteiger partial charge in [-0.15, -0.1) is 0 Å². The molecule has 1 aromatic heterocycles. The van der Waals surface area contributed by atoms with E-state index in [1.807, 2.05) is 0 Å². The topological polar surface area (TPSA) is 46.3 Å². The van der Waals surface area contributed by atoms with Crippen molar-refractivity contribution in [2.75, 3.05) is 6.61 Å². The third kappa shape index (κ3) is 6.23. The molecule has 22 heavy (non-hydrogen) atoms. The molecular weight excluding hydrogens is 381 g/mol. The minimum absolute atomic E-state index is 0.234. The molecule has 1 rings (SSSR count). The molecule has 0 unspecified atom stereocenters. The van der Waals surface area contributed by atoms with Gasteiger partial charge in [0.15, 0.2) is 0 Å². The molecule has 0 saturated carbocycles. The Morgan fingerprint density at radius 2 is 1.50 bits per heavy atom. The van der Waals surface area contributed by atoms with E-state index >= 15 is 0 Å². The molecule has 0 aliphatic carbocycles. The summed E-state index contributed by atoms with van der Waals surface area (Å²) in [6.45, 7) is 7.12. The van der Waals surface area contributed by atoms with E-state index in [0.717, 1.165) is 18.5 Å². The summed E-state index contributed by atoms with van der Waals surface area (Å²) in [5.41, 5.74) is 1.05. The number of aromatic nitrogens is 1. The monoisotopic (exact) mass is 417 g/mol. The summed E-state index contributed by atoms with van der Waals surface area (Å²) in [5, 5.41) is 13.3. The van der Waals surface area contributed by atoms with Crippen LogP contribution in [0.25, 0.3) is 0 Å². The second kappa shape index (κ2) is 11.5. The van der Waals surface area contributed by atoms with Crippen LogP contribution >= 0.6 is 0 Å². The molecular formula is C18H35NO2Sn. The van der Waals surface area contributed by atoms with Gasteiger partial charge in [-0.25, -0.2) is 0 Å². The van der Waals surface area contributed by atoms with E-state index in [1.165, 1.54) is 55.6 Å². The first-order chi connectivity index (χ1) is 10.7. The zero-order valence-electron chi connectivity index (χ0n) is 14.9. The van der Waals surface area contributed by atoms with Crippen molar-refractivity contribution >= 4 is 22.2 Å². The molecule has 4 heteroatoms. The first-order valence-electron chi connectivity index (χ1n) is 9.29. The van der Waals surface area contributed by atoms with Gasteiger partial charge in [0.25, 0.3) is 0 Å². The van der Waals surface area contributed by atoms with Gasteiger partial charge in [0.05, 0.1) is 0 Å². The summed E-state index contributed by atoms with van der Waals surface area (Å²) in [6.07, 6.45) is 9.50. The zero-order chi connectivity index (χ0) is 16.3. The van der Waals surface area contributed by atoms with E-state index in [9.17, 15) is 0 Å². The third-order valence-corrected chi connectivity index (χ3v) is 19.6. The predicted octanol–water partition coefficient (Wildman–Crippen LogP) is 4.66. The van der Waals surface area contributed by atoms with Crippen molar-refractivity contribution in [1.29, 1.82) is 0 Å². The molecule has 0 bridgehead atoms. The Morgan fingerprint density at radius 3 is 1.95 bits per heavy atom. The zero-order valence-corrected chi connectivity index (χ0v) is 17.7. The first kappa shape index (κ1) is 20.0. The molecule has 0 radical (unpaired) electrons. The molecule has 0 aromatic carbocycles. The van der Waals surface area contributed by atoms with Crippen LogP contribution in [0.3, 0.4) is 0 Å². The standard InChI is InChI=1S/C6H8NO2.3C4H9.Sn/c8-4-1-2-6-3-5-9-7-6;3*1-3-4-2;/h3,8H,1-2,4H2;3*1,3-4H2,2H3;. The van der Waals surface area contributed by atoms with Crippen molar-refractivity contribution in [3.8, 4) is 0 Å². The quantitative estimate of drug-likeness (QED) is 0.476. The SMILES string of the molecule is CCC[CH2][Sn]([CH2]CCC)([CH2]CCC)[c]1cc(CCCO)no1. The van der Waals surface area contributed by atoms with E-state index in [2.05, 4.69) is 32.0 Å². The van der Waals surface area contributed by atoms with E-state index in [4.69, 9.17) is 9.63 Å². The van der Waals surface area contributed by atoms with Crippen molar-refractivity contribution in [2.45, 2.75) is 85.4 Å². The summed E-state index contributed by atoms with van der Waals surface area (Å²) in [6, 6.07) is 2.26. The Bertz CT molecular complexity index is 370. The maximum atomic E-state index is 9.00. The van der Waals surface area contributed by atoms with Gasteiger partial charge in [-0.05, 0) is 0 Å². The van der Waals surface area contributed by atoms with Crippen molar-refractivity contribution in [2.24, 2.45) is 0 Å². The second-order valence-corrected chi connectivity index (χ2v) is 19.6. The molecule has 0 aliphatic heterocycles. The second-order valence-electron chi connectivity index (χ2n) is 6.60. The molecule has 0 spiro atoms. The van der Waals surface area contributed by atoms with Gasteiger partial charge in [-0.3, -0.25) is 0 Å². The van der Waals surface area contributed by atoms with E-state index in [1.54, 1.807) is 0 Å². The van der Waals surface area contributed by atoms with E-state index in [0.29, 0.717) is 0 Å². The summed E-state index contributed by atoms with van der Waals surface area (Å²) in [4.78, 5) is 0. The molecule has 0 atom stereocenters. The van der Waals surface area contributed by atoms with Crippen molar-refractivity contribution in [3.05, 3.63) is 11.8 Å². The minimum atomic E-state index is -2.42. The van der Waals surface area contributed by atoms with Gasteiger partial charge >= 0.3 is 141 Å². The number of rotatable bonds is 13. The Labute approximate surface area is 140 Å². The molecule has 1 heterocycles. The predicted molar refractivity (Wildman–Crippen MR) is 96.4 cm³/mol. The number of aryl methyl sites for hydroxylation is 1. The average Bonchev–Trinajstić information content (AvgIpc) is 3.02.